The summed E-state index contributed by atoms with van der Waals surface area (Å²) < 4.78 is 44.1. The van der Waals surface area contributed by atoms with Crippen molar-refractivity contribution in [2.45, 2.75) is 19.2 Å². The Kier molecular flexibility index (Phi) is 5.13. The molecule has 26 heavy (non-hydrogen) atoms. The smallest absolute Gasteiger partial charge is 0.375 e. The molecule has 8 heteroatoms. The van der Waals surface area contributed by atoms with Crippen molar-refractivity contribution in [1.82, 2.24) is 9.88 Å². The van der Waals surface area contributed by atoms with Gasteiger partial charge >= 0.3 is 6.18 Å². The van der Waals surface area contributed by atoms with Crippen molar-refractivity contribution in [3.8, 4) is 0 Å². The molecule has 0 radical (unpaired) electrons. The van der Waals surface area contributed by atoms with Gasteiger partial charge in [-0.1, -0.05) is 6.07 Å². The van der Waals surface area contributed by atoms with Gasteiger partial charge in [-0.3, -0.25) is 4.79 Å². The first kappa shape index (κ1) is 18.2. The van der Waals surface area contributed by atoms with Crippen molar-refractivity contribution < 1.29 is 22.7 Å². The Morgan fingerprint density at radius 2 is 2.12 bits per heavy atom. The summed E-state index contributed by atoms with van der Waals surface area (Å²) in [6.07, 6.45) is -3.02. The number of pyridine rings is 1. The van der Waals surface area contributed by atoms with E-state index in [0.717, 1.165) is 12.1 Å². The SMILES string of the molecule is CC1CN(C(=O)c2cccnc2Nc2cccc(C(F)(F)F)c2)CCO1. The molecule has 1 aliphatic rings. The van der Waals surface area contributed by atoms with Gasteiger partial charge in [-0.15, -0.1) is 0 Å². The van der Waals surface area contributed by atoms with E-state index in [4.69, 9.17) is 4.74 Å². The van der Waals surface area contributed by atoms with Gasteiger partial charge in [0.15, 0.2) is 0 Å². The summed E-state index contributed by atoms with van der Waals surface area (Å²) in [4.78, 5) is 18.6. The molecular formula is C18H18F3N3O2. The van der Waals surface area contributed by atoms with Crippen LogP contribution in [0.15, 0.2) is 42.6 Å². The monoisotopic (exact) mass is 365 g/mol. The number of nitrogens with zero attached hydrogens (tertiary/aromatic N) is 2. The van der Waals surface area contributed by atoms with Gasteiger partial charge in [0.1, 0.15) is 5.82 Å². The standard InChI is InChI=1S/C18H18F3N3O2/c1-12-11-24(8-9-26-12)17(25)15-6-3-7-22-16(15)23-14-5-2-4-13(10-14)18(19,20)21/h2-7,10,12H,8-9,11H2,1H3,(H,22,23). The molecule has 2 heterocycles. The third-order valence-corrected chi connectivity index (χ3v) is 4.02. The number of aromatic nitrogens is 1. The van der Waals surface area contributed by atoms with Gasteiger partial charge in [-0.25, -0.2) is 4.98 Å². The second-order valence-electron chi connectivity index (χ2n) is 6.04. The molecule has 1 unspecified atom stereocenters. The number of hydrogen-bond donors (Lipinski definition) is 1. The summed E-state index contributed by atoms with van der Waals surface area (Å²) in [5.74, 6) is -0.0151. The molecule has 1 fully saturated rings. The number of anilines is 2. The molecule has 3 rings (SSSR count). The molecule has 138 valence electrons. The summed E-state index contributed by atoms with van der Waals surface area (Å²) in [6.45, 7) is 3.24. The molecule has 1 aromatic heterocycles. The van der Waals surface area contributed by atoms with Gasteiger partial charge < -0.3 is 15.0 Å². The Balaban J connectivity index is 1.85. The minimum Gasteiger partial charge on any atom is -0.375 e. The molecule has 1 aromatic carbocycles. The second-order valence-corrected chi connectivity index (χ2v) is 6.04. The number of halogens is 3. The zero-order valence-corrected chi connectivity index (χ0v) is 14.1. The summed E-state index contributed by atoms with van der Waals surface area (Å²) in [5.41, 5.74) is -0.254. The Morgan fingerprint density at radius 3 is 2.85 bits per heavy atom. The predicted molar refractivity (Wildman–Crippen MR) is 90.3 cm³/mol. The van der Waals surface area contributed by atoms with E-state index in [2.05, 4.69) is 10.3 Å². The number of morpholine rings is 1. The van der Waals surface area contributed by atoms with Crippen molar-refractivity contribution >= 4 is 17.4 Å². The van der Waals surface area contributed by atoms with E-state index in [1.807, 2.05) is 6.92 Å². The van der Waals surface area contributed by atoms with Gasteiger partial charge in [0.05, 0.1) is 23.8 Å². The van der Waals surface area contributed by atoms with Crippen LogP contribution >= 0.6 is 0 Å². The van der Waals surface area contributed by atoms with Crippen LogP contribution < -0.4 is 5.32 Å². The molecule has 1 aliphatic heterocycles. The molecule has 0 saturated carbocycles. The molecule has 1 amide bonds. The van der Waals surface area contributed by atoms with E-state index in [1.54, 1.807) is 17.0 Å². The molecule has 1 atom stereocenters. The van der Waals surface area contributed by atoms with Crippen LogP contribution in [0.5, 0.6) is 0 Å². The number of hydrogen-bond acceptors (Lipinski definition) is 4. The van der Waals surface area contributed by atoms with Crippen molar-refractivity contribution in [3.63, 3.8) is 0 Å². The number of alkyl halides is 3. The summed E-state index contributed by atoms with van der Waals surface area (Å²) in [6, 6.07) is 8.00. The Hall–Kier alpha value is -2.61. The molecule has 0 spiro atoms. The lowest BCUT2D eigenvalue weighted by Crippen LogP contribution is -2.44. The third kappa shape index (κ3) is 4.13. The average Bonchev–Trinajstić information content (AvgIpc) is 2.61. The van der Waals surface area contributed by atoms with Gasteiger partial charge in [0, 0.05) is 25.0 Å². The molecule has 1 saturated heterocycles. The maximum atomic E-state index is 12.9. The molecule has 2 aromatic rings. The average molecular weight is 365 g/mol. The summed E-state index contributed by atoms with van der Waals surface area (Å²) >= 11 is 0. The van der Waals surface area contributed by atoms with Crippen molar-refractivity contribution in [2.24, 2.45) is 0 Å². The maximum absolute atomic E-state index is 12.9. The zero-order valence-electron chi connectivity index (χ0n) is 14.1. The number of nitrogens with one attached hydrogen (secondary N) is 1. The van der Waals surface area contributed by atoms with Gasteiger partial charge in [-0.2, -0.15) is 13.2 Å². The highest BCUT2D eigenvalue weighted by Gasteiger charge is 2.30. The highest BCUT2D eigenvalue weighted by molar-refractivity contribution is 5.99. The first-order valence-electron chi connectivity index (χ1n) is 8.15. The fourth-order valence-electron chi connectivity index (χ4n) is 2.76. The van der Waals surface area contributed by atoms with Crippen molar-refractivity contribution in [2.75, 3.05) is 25.0 Å². The summed E-state index contributed by atoms with van der Waals surface area (Å²) in [7, 11) is 0. The molecule has 5 nitrogen and oxygen atoms in total. The lowest BCUT2D eigenvalue weighted by Gasteiger charge is -2.31. The van der Waals surface area contributed by atoms with Gasteiger partial charge in [-0.05, 0) is 37.3 Å². The van der Waals surface area contributed by atoms with E-state index >= 15 is 0 Å². The Labute approximate surface area is 148 Å². The van der Waals surface area contributed by atoms with Gasteiger partial charge in [0.2, 0.25) is 0 Å². The number of rotatable bonds is 3. The number of carbonyl (C=O) groups is 1. The first-order valence-corrected chi connectivity index (χ1v) is 8.15. The third-order valence-electron chi connectivity index (χ3n) is 4.02. The quantitative estimate of drug-likeness (QED) is 0.901. The van der Waals surface area contributed by atoms with Crippen LogP contribution in [0.2, 0.25) is 0 Å². The Morgan fingerprint density at radius 1 is 1.31 bits per heavy atom. The lowest BCUT2D eigenvalue weighted by atomic mass is 10.1. The predicted octanol–water partition coefficient (Wildman–Crippen LogP) is 3.70. The fourth-order valence-corrected chi connectivity index (χ4v) is 2.76. The molecule has 0 aliphatic carbocycles. The second kappa shape index (κ2) is 7.33. The topological polar surface area (TPSA) is 54.5 Å². The molecule has 1 N–H and O–H groups in total. The highest BCUT2D eigenvalue weighted by atomic mass is 19.4. The highest BCUT2D eigenvalue weighted by Crippen LogP contribution is 2.31. The normalized spacial score (nSPS) is 17.8. The first-order chi connectivity index (χ1) is 12.3. The fraction of sp³-hybridized carbons (Fsp3) is 0.333. The van der Waals surface area contributed by atoms with Crippen LogP contribution in [0.3, 0.4) is 0 Å². The van der Waals surface area contributed by atoms with Crippen molar-refractivity contribution in [1.29, 1.82) is 0 Å². The van der Waals surface area contributed by atoms with Crippen molar-refractivity contribution in [3.05, 3.63) is 53.7 Å². The van der Waals surface area contributed by atoms with Crippen LogP contribution in [0, 0.1) is 0 Å². The van der Waals surface area contributed by atoms with E-state index in [9.17, 15) is 18.0 Å². The van der Waals surface area contributed by atoms with E-state index in [1.165, 1.54) is 18.3 Å². The maximum Gasteiger partial charge on any atom is 0.416 e. The lowest BCUT2D eigenvalue weighted by molar-refractivity contribution is -0.137. The van der Waals surface area contributed by atoms with Crippen LogP contribution in [-0.2, 0) is 10.9 Å². The van der Waals surface area contributed by atoms with E-state index in [0.29, 0.717) is 25.3 Å². The van der Waals surface area contributed by atoms with E-state index in [-0.39, 0.29) is 23.5 Å². The van der Waals surface area contributed by atoms with Crippen LogP contribution in [0.25, 0.3) is 0 Å². The number of ether oxygens (including phenoxy) is 1. The molecular weight excluding hydrogens is 347 g/mol. The minimum absolute atomic E-state index is 0.0655. The minimum atomic E-state index is -4.44. The number of amides is 1. The van der Waals surface area contributed by atoms with Crippen LogP contribution in [0.1, 0.15) is 22.8 Å². The Bertz CT molecular complexity index is 795. The van der Waals surface area contributed by atoms with Crippen LogP contribution in [-0.4, -0.2) is 41.6 Å². The molecule has 0 bridgehead atoms. The zero-order chi connectivity index (χ0) is 18.7. The largest absolute Gasteiger partial charge is 0.416 e. The van der Waals surface area contributed by atoms with Gasteiger partial charge in [0.25, 0.3) is 5.91 Å². The van der Waals surface area contributed by atoms with E-state index < -0.39 is 11.7 Å². The number of carbonyl (C=O) groups excluding carboxylic acids is 1. The number of benzene rings is 1. The summed E-state index contributed by atoms with van der Waals surface area (Å²) in [5, 5.41) is 2.83. The van der Waals surface area contributed by atoms with Crippen LogP contribution in [0.4, 0.5) is 24.7 Å².